The number of benzene rings is 1. The van der Waals surface area contributed by atoms with Gasteiger partial charge < -0.3 is 15.3 Å². The van der Waals surface area contributed by atoms with Gasteiger partial charge in [-0.2, -0.15) is 0 Å². The Morgan fingerprint density at radius 2 is 2.00 bits per heavy atom. The molecule has 1 aliphatic rings. The van der Waals surface area contributed by atoms with Crippen molar-refractivity contribution in [2.75, 3.05) is 11.9 Å². The lowest BCUT2D eigenvalue weighted by Crippen LogP contribution is -2.41. The van der Waals surface area contributed by atoms with E-state index < -0.39 is 5.97 Å². The Labute approximate surface area is 128 Å². The lowest BCUT2D eigenvalue weighted by Gasteiger charge is -2.27. The highest BCUT2D eigenvalue weighted by Gasteiger charge is 2.25. The van der Waals surface area contributed by atoms with Gasteiger partial charge in [0, 0.05) is 23.3 Å². The van der Waals surface area contributed by atoms with Gasteiger partial charge in [0.2, 0.25) is 0 Å². The van der Waals surface area contributed by atoms with E-state index in [1.807, 2.05) is 6.92 Å². The number of rotatable bonds is 4. The molecule has 1 aromatic rings. The molecular formula is C15H19ClN2O3. The molecule has 0 atom stereocenters. The van der Waals surface area contributed by atoms with Gasteiger partial charge in [-0.05, 0) is 38.0 Å². The first-order chi connectivity index (χ1) is 10.0. The molecule has 0 bridgehead atoms. The molecule has 0 aromatic heterocycles. The molecule has 0 radical (unpaired) electrons. The first kappa shape index (κ1) is 15.6. The highest BCUT2D eigenvalue weighted by molar-refractivity contribution is 6.31. The van der Waals surface area contributed by atoms with E-state index in [9.17, 15) is 9.59 Å². The zero-order valence-corrected chi connectivity index (χ0v) is 12.7. The minimum absolute atomic E-state index is 0.0571. The molecule has 21 heavy (non-hydrogen) atoms. The van der Waals surface area contributed by atoms with Crippen LogP contribution in [-0.4, -0.2) is 34.6 Å². The van der Waals surface area contributed by atoms with Crippen LogP contribution in [0.3, 0.4) is 0 Å². The van der Waals surface area contributed by atoms with Gasteiger partial charge in [-0.25, -0.2) is 9.59 Å². The van der Waals surface area contributed by atoms with Crippen molar-refractivity contribution in [2.24, 2.45) is 0 Å². The normalized spacial score (nSPS) is 15.0. The maximum absolute atomic E-state index is 12.3. The van der Waals surface area contributed by atoms with E-state index in [2.05, 4.69) is 5.32 Å². The fraction of sp³-hybridized carbons (Fsp3) is 0.467. The highest BCUT2D eigenvalue weighted by atomic mass is 35.5. The van der Waals surface area contributed by atoms with Crippen molar-refractivity contribution in [2.45, 2.75) is 38.6 Å². The number of urea groups is 1. The topological polar surface area (TPSA) is 69.6 Å². The number of nitrogens with one attached hydrogen (secondary N) is 1. The first-order valence-corrected chi connectivity index (χ1v) is 7.50. The number of hydrogen-bond donors (Lipinski definition) is 2. The lowest BCUT2D eigenvalue weighted by atomic mass is 10.2. The van der Waals surface area contributed by atoms with Crippen LogP contribution in [0.25, 0.3) is 0 Å². The summed E-state index contributed by atoms with van der Waals surface area (Å²) in [6.45, 7) is 2.57. The summed E-state index contributed by atoms with van der Waals surface area (Å²) in [6, 6.07) is 4.38. The summed E-state index contributed by atoms with van der Waals surface area (Å²) in [5.41, 5.74) is 0.461. The Balaban J connectivity index is 2.12. The molecule has 1 aromatic carbocycles. The quantitative estimate of drug-likeness (QED) is 0.887. The number of halogens is 1. The van der Waals surface area contributed by atoms with Crippen LogP contribution in [0.1, 0.15) is 43.0 Å². The van der Waals surface area contributed by atoms with Gasteiger partial charge in [-0.1, -0.05) is 24.4 Å². The molecule has 2 N–H and O–H groups in total. The monoisotopic (exact) mass is 310 g/mol. The Bertz CT molecular complexity index is 542. The number of nitrogens with zero attached hydrogens (tertiary/aromatic N) is 1. The minimum atomic E-state index is -1.07. The van der Waals surface area contributed by atoms with Crippen molar-refractivity contribution in [3.05, 3.63) is 28.8 Å². The molecule has 5 nitrogen and oxygen atoms in total. The molecule has 2 amide bonds. The van der Waals surface area contributed by atoms with Crippen LogP contribution in [0.15, 0.2) is 18.2 Å². The van der Waals surface area contributed by atoms with Gasteiger partial charge in [0.05, 0.1) is 5.56 Å². The van der Waals surface area contributed by atoms with Crippen LogP contribution >= 0.6 is 11.6 Å². The molecular weight excluding hydrogens is 292 g/mol. The summed E-state index contributed by atoms with van der Waals surface area (Å²) in [4.78, 5) is 25.2. The average Bonchev–Trinajstić information content (AvgIpc) is 2.92. The first-order valence-electron chi connectivity index (χ1n) is 7.12. The van der Waals surface area contributed by atoms with Crippen LogP contribution in [0.5, 0.6) is 0 Å². The third-order valence-corrected chi connectivity index (χ3v) is 3.98. The van der Waals surface area contributed by atoms with E-state index in [-0.39, 0.29) is 22.7 Å². The van der Waals surface area contributed by atoms with E-state index in [4.69, 9.17) is 16.7 Å². The van der Waals surface area contributed by atoms with E-state index >= 15 is 0 Å². The maximum atomic E-state index is 12.3. The Kier molecular flexibility index (Phi) is 5.07. The number of carboxylic acid groups (broad SMARTS) is 1. The third kappa shape index (κ3) is 3.88. The SMILES string of the molecule is CCN(C(=O)Nc1cc(Cl)cc(C(=O)O)c1)C1CCCC1. The van der Waals surface area contributed by atoms with E-state index in [1.165, 1.54) is 12.1 Å². The number of carbonyl (C=O) groups is 2. The molecule has 1 fully saturated rings. The summed E-state index contributed by atoms with van der Waals surface area (Å²) in [5.74, 6) is -1.07. The number of amides is 2. The van der Waals surface area contributed by atoms with Gasteiger partial charge in [-0.15, -0.1) is 0 Å². The molecule has 0 aliphatic heterocycles. The molecule has 1 aliphatic carbocycles. The van der Waals surface area contributed by atoms with Gasteiger partial charge in [0.15, 0.2) is 0 Å². The largest absolute Gasteiger partial charge is 0.478 e. The smallest absolute Gasteiger partial charge is 0.335 e. The summed E-state index contributed by atoms with van der Waals surface area (Å²) in [5, 5.41) is 12.0. The molecule has 1 saturated carbocycles. The summed E-state index contributed by atoms with van der Waals surface area (Å²) in [7, 11) is 0. The number of carbonyl (C=O) groups excluding carboxylic acids is 1. The van der Waals surface area contributed by atoms with Crippen molar-refractivity contribution in [1.29, 1.82) is 0 Å². The van der Waals surface area contributed by atoms with Crippen LogP contribution in [0.2, 0.25) is 5.02 Å². The van der Waals surface area contributed by atoms with Gasteiger partial charge in [-0.3, -0.25) is 0 Å². The Morgan fingerprint density at radius 1 is 1.33 bits per heavy atom. The maximum Gasteiger partial charge on any atom is 0.335 e. The minimum Gasteiger partial charge on any atom is -0.478 e. The van der Waals surface area contributed by atoms with E-state index in [1.54, 1.807) is 11.0 Å². The number of anilines is 1. The van der Waals surface area contributed by atoms with Crippen molar-refractivity contribution >= 4 is 29.3 Å². The third-order valence-electron chi connectivity index (χ3n) is 3.76. The fourth-order valence-corrected chi connectivity index (χ4v) is 3.00. The van der Waals surface area contributed by atoms with Crippen molar-refractivity contribution in [3.8, 4) is 0 Å². The van der Waals surface area contributed by atoms with Crippen LogP contribution < -0.4 is 5.32 Å². The zero-order valence-electron chi connectivity index (χ0n) is 11.9. The summed E-state index contributed by atoms with van der Waals surface area (Å²) in [6.07, 6.45) is 4.35. The van der Waals surface area contributed by atoms with E-state index in [0.717, 1.165) is 25.7 Å². The van der Waals surface area contributed by atoms with Gasteiger partial charge in [0.1, 0.15) is 0 Å². The lowest BCUT2D eigenvalue weighted by molar-refractivity contribution is 0.0697. The van der Waals surface area contributed by atoms with Gasteiger partial charge >= 0.3 is 12.0 Å². The predicted molar refractivity (Wildman–Crippen MR) is 82.1 cm³/mol. The second kappa shape index (κ2) is 6.80. The summed E-state index contributed by atoms with van der Waals surface area (Å²) < 4.78 is 0. The summed E-state index contributed by atoms with van der Waals surface area (Å²) >= 11 is 5.89. The van der Waals surface area contributed by atoms with Gasteiger partial charge in [0.25, 0.3) is 0 Å². The molecule has 0 unspecified atom stereocenters. The van der Waals surface area contributed by atoms with Crippen molar-refractivity contribution in [1.82, 2.24) is 4.90 Å². The molecule has 2 rings (SSSR count). The van der Waals surface area contributed by atoms with Crippen molar-refractivity contribution < 1.29 is 14.7 Å². The van der Waals surface area contributed by atoms with E-state index in [0.29, 0.717) is 12.2 Å². The molecule has 114 valence electrons. The Morgan fingerprint density at radius 3 is 2.57 bits per heavy atom. The zero-order chi connectivity index (χ0) is 15.4. The van der Waals surface area contributed by atoms with Crippen molar-refractivity contribution in [3.63, 3.8) is 0 Å². The number of hydrogen-bond acceptors (Lipinski definition) is 2. The van der Waals surface area contributed by atoms with Crippen LogP contribution in [0, 0.1) is 0 Å². The fourth-order valence-electron chi connectivity index (χ4n) is 2.76. The molecule has 0 heterocycles. The second-order valence-electron chi connectivity index (χ2n) is 5.19. The average molecular weight is 311 g/mol. The Hall–Kier alpha value is -1.75. The number of carboxylic acids is 1. The van der Waals surface area contributed by atoms with Crippen LogP contribution in [-0.2, 0) is 0 Å². The molecule has 0 saturated heterocycles. The number of aromatic carboxylic acids is 1. The van der Waals surface area contributed by atoms with Crippen LogP contribution in [0.4, 0.5) is 10.5 Å². The predicted octanol–water partition coefficient (Wildman–Crippen LogP) is 3.83. The second-order valence-corrected chi connectivity index (χ2v) is 5.62. The standard InChI is InChI=1S/C15H19ClN2O3/c1-2-18(13-5-3-4-6-13)15(21)17-12-8-10(14(19)20)7-11(16)9-12/h7-9,13H,2-6H2,1H3,(H,17,21)(H,19,20). The molecule has 0 spiro atoms. The molecule has 6 heteroatoms. The highest BCUT2D eigenvalue weighted by Crippen LogP contribution is 2.25.